The van der Waals surface area contributed by atoms with Crippen LogP contribution in [0, 0.1) is 0 Å². The van der Waals surface area contributed by atoms with Crippen LogP contribution in [0.1, 0.15) is 10.5 Å². The average Bonchev–Trinajstić information content (AvgIpc) is 2.37. The van der Waals surface area contributed by atoms with Crippen LogP contribution in [-0.4, -0.2) is 14.5 Å². The van der Waals surface area contributed by atoms with Crippen molar-refractivity contribution in [2.75, 3.05) is 0 Å². The van der Waals surface area contributed by atoms with Gasteiger partial charge in [-0.25, -0.2) is 0 Å². The topological polar surface area (TPSA) is 42.9 Å². The second-order valence-electron chi connectivity index (χ2n) is 1.36. The highest BCUT2D eigenvalue weighted by Gasteiger charge is 2.01. The fraction of sp³-hybridized carbons (Fsp3) is 0. The Hall–Kier alpha value is -1.03. The zero-order valence-corrected chi connectivity index (χ0v) is 5.39. The minimum Gasteiger partial charge on any atom is -0.287 e. The van der Waals surface area contributed by atoms with E-state index >= 15 is 0 Å². The highest BCUT2D eigenvalue weighted by molar-refractivity contribution is 6.99. The van der Waals surface area contributed by atoms with Crippen LogP contribution in [-0.2, 0) is 0 Å². The lowest BCUT2D eigenvalue weighted by Crippen LogP contribution is -1.91. The SMILES string of the molecule is C=CC(=O)c1cnsn1. The van der Waals surface area contributed by atoms with Crippen molar-refractivity contribution in [2.45, 2.75) is 0 Å². The Balaban J connectivity index is 2.89. The van der Waals surface area contributed by atoms with E-state index < -0.39 is 0 Å². The van der Waals surface area contributed by atoms with E-state index in [4.69, 9.17) is 0 Å². The standard InChI is InChI=1S/C5H4N2OS/c1-2-5(8)4-3-6-9-7-4/h2-3H,1H2. The molecule has 0 aliphatic carbocycles. The zero-order chi connectivity index (χ0) is 6.69. The van der Waals surface area contributed by atoms with Crippen LogP contribution in [0.4, 0.5) is 0 Å². The van der Waals surface area contributed by atoms with Gasteiger partial charge in [0.05, 0.1) is 17.9 Å². The van der Waals surface area contributed by atoms with Crippen molar-refractivity contribution < 1.29 is 4.79 Å². The number of carbonyl (C=O) groups excluding carboxylic acids is 1. The first kappa shape index (κ1) is 6.10. The van der Waals surface area contributed by atoms with E-state index in [0.29, 0.717) is 5.69 Å². The first-order chi connectivity index (χ1) is 4.34. The van der Waals surface area contributed by atoms with E-state index in [1.165, 1.54) is 12.3 Å². The molecule has 0 aromatic carbocycles. The van der Waals surface area contributed by atoms with Crippen LogP contribution in [0.2, 0.25) is 0 Å². The third-order valence-electron chi connectivity index (χ3n) is 0.799. The number of ketones is 1. The molecule has 0 fully saturated rings. The molecule has 9 heavy (non-hydrogen) atoms. The second kappa shape index (κ2) is 2.50. The van der Waals surface area contributed by atoms with Gasteiger partial charge in [0.2, 0.25) is 5.78 Å². The van der Waals surface area contributed by atoms with Gasteiger partial charge in [-0.3, -0.25) is 4.79 Å². The van der Waals surface area contributed by atoms with Crippen LogP contribution in [0.15, 0.2) is 18.9 Å². The van der Waals surface area contributed by atoms with Gasteiger partial charge < -0.3 is 0 Å². The number of rotatable bonds is 2. The van der Waals surface area contributed by atoms with E-state index in [2.05, 4.69) is 15.3 Å². The normalized spacial score (nSPS) is 8.89. The minimum absolute atomic E-state index is 0.177. The summed E-state index contributed by atoms with van der Waals surface area (Å²) in [7, 11) is 0. The summed E-state index contributed by atoms with van der Waals surface area (Å²) in [6, 6.07) is 0. The molecule has 1 rings (SSSR count). The smallest absolute Gasteiger partial charge is 0.206 e. The average molecular weight is 140 g/mol. The van der Waals surface area contributed by atoms with E-state index in [9.17, 15) is 4.79 Å². The number of nitrogens with zero attached hydrogens (tertiary/aromatic N) is 2. The lowest BCUT2D eigenvalue weighted by molar-refractivity contribution is 0.104. The maximum atomic E-state index is 10.7. The van der Waals surface area contributed by atoms with Crippen molar-refractivity contribution in [3.8, 4) is 0 Å². The molecule has 0 bridgehead atoms. The molecule has 1 aromatic rings. The summed E-state index contributed by atoms with van der Waals surface area (Å²) in [6.45, 7) is 3.30. The van der Waals surface area contributed by atoms with Gasteiger partial charge >= 0.3 is 0 Å². The predicted octanol–water partition coefficient (Wildman–Crippen LogP) is 0.907. The van der Waals surface area contributed by atoms with Crippen molar-refractivity contribution in [2.24, 2.45) is 0 Å². The molecule has 0 saturated heterocycles. The van der Waals surface area contributed by atoms with Crippen LogP contribution in [0.5, 0.6) is 0 Å². The Morgan fingerprint density at radius 2 is 2.67 bits per heavy atom. The monoisotopic (exact) mass is 140 g/mol. The van der Waals surface area contributed by atoms with E-state index in [0.717, 1.165) is 11.7 Å². The molecule has 3 nitrogen and oxygen atoms in total. The molecule has 0 saturated carbocycles. The van der Waals surface area contributed by atoms with Gasteiger partial charge in [-0.1, -0.05) is 6.58 Å². The number of carbonyl (C=O) groups is 1. The van der Waals surface area contributed by atoms with Gasteiger partial charge in [0, 0.05) is 0 Å². The lowest BCUT2D eigenvalue weighted by Gasteiger charge is -1.79. The Morgan fingerprint density at radius 1 is 1.89 bits per heavy atom. The molecule has 0 radical (unpaired) electrons. The Labute approximate surface area is 56.4 Å². The molecule has 0 spiro atoms. The summed E-state index contributed by atoms with van der Waals surface area (Å²) in [5.74, 6) is -0.177. The van der Waals surface area contributed by atoms with Crippen LogP contribution in [0.3, 0.4) is 0 Å². The summed E-state index contributed by atoms with van der Waals surface area (Å²) in [5.41, 5.74) is 0.370. The summed E-state index contributed by atoms with van der Waals surface area (Å²) < 4.78 is 7.35. The summed E-state index contributed by atoms with van der Waals surface area (Å²) >= 11 is 1.01. The molecule has 4 heteroatoms. The molecule has 0 N–H and O–H groups in total. The fourth-order valence-electron chi connectivity index (χ4n) is 0.378. The van der Waals surface area contributed by atoms with Crippen molar-refractivity contribution >= 4 is 17.5 Å². The number of allylic oxidation sites excluding steroid dienone is 1. The van der Waals surface area contributed by atoms with Crippen molar-refractivity contribution in [1.29, 1.82) is 0 Å². The molecule has 0 aliphatic rings. The van der Waals surface area contributed by atoms with Crippen molar-refractivity contribution in [3.05, 3.63) is 24.5 Å². The van der Waals surface area contributed by atoms with Gasteiger partial charge in [0.15, 0.2) is 0 Å². The maximum absolute atomic E-state index is 10.7. The van der Waals surface area contributed by atoms with Crippen molar-refractivity contribution in [3.63, 3.8) is 0 Å². The Morgan fingerprint density at radius 3 is 3.11 bits per heavy atom. The first-order valence-electron chi connectivity index (χ1n) is 2.29. The molecule has 0 aliphatic heterocycles. The zero-order valence-electron chi connectivity index (χ0n) is 4.57. The van der Waals surface area contributed by atoms with Gasteiger partial charge in [0.1, 0.15) is 5.69 Å². The van der Waals surface area contributed by atoms with Crippen molar-refractivity contribution in [1.82, 2.24) is 8.75 Å². The quantitative estimate of drug-likeness (QED) is 0.453. The second-order valence-corrected chi connectivity index (χ2v) is 1.92. The molecule has 1 heterocycles. The summed E-state index contributed by atoms with van der Waals surface area (Å²) in [5, 5.41) is 0. The number of hydrogen-bond acceptors (Lipinski definition) is 4. The molecular formula is C5H4N2OS. The van der Waals surface area contributed by atoms with Crippen LogP contribution in [0.25, 0.3) is 0 Å². The maximum Gasteiger partial charge on any atom is 0.206 e. The number of hydrogen-bond donors (Lipinski definition) is 0. The van der Waals surface area contributed by atoms with Crippen LogP contribution < -0.4 is 0 Å². The van der Waals surface area contributed by atoms with Gasteiger partial charge in [0.25, 0.3) is 0 Å². The van der Waals surface area contributed by atoms with Gasteiger partial charge in [-0.15, -0.1) is 0 Å². The molecule has 0 unspecified atom stereocenters. The molecule has 46 valence electrons. The third-order valence-corrected chi connectivity index (χ3v) is 1.28. The largest absolute Gasteiger partial charge is 0.287 e. The van der Waals surface area contributed by atoms with Gasteiger partial charge in [-0.05, 0) is 6.08 Å². The van der Waals surface area contributed by atoms with E-state index in [1.807, 2.05) is 0 Å². The predicted molar refractivity (Wildman–Crippen MR) is 34.4 cm³/mol. The highest BCUT2D eigenvalue weighted by Crippen LogP contribution is 1.95. The molecule has 0 atom stereocenters. The van der Waals surface area contributed by atoms with Crippen LogP contribution >= 0.6 is 11.7 Å². The first-order valence-corrected chi connectivity index (χ1v) is 3.02. The van der Waals surface area contributed by atoms with Gasteiger partial charge in [-0.2, -0.15) is 8.75 Å². The fourth-order valence-corrected chi connectivity index (χ4v) is 0.797. The summed E-state index contributed by atoms with van der Waals surface area (Å²) in [4.78, 5) is 10.7. The lowest BCUT2D eigenvalue weighted by atomic mass is 10.3. The van der Waals surface area contributed by atoms with E-state index in [-0.39, 0.29) is 5.78 Å². The minimum atomic E-state index is -0.177. The van der Waals surface area contributed by atoms with E-state index in [1.54, 1.807) is 0 Å². The number of aromatic nitrogens is 2. The molecular weight excluding hydrogens is 136 g/mol. The molecule has 0 amide bonds. The summed E-state index contributed by atoms with van der Waals surface area (Å²) in [6.07, 6.45) is 2.64. The third kappa shape index (κ3) is 1.20. The molecule has 1 aromatic heterocycles. The Bertz CT molecular complexity index is 217. The Kier molecular flexibility index (Phi) is 1.69. The highest BCUT2D eigenvalue weighted by atomic mass is 32.1.